The average molecular weight is 431 g/mol. The molecule has 0 saturated carbocycles. The van der Waals surface area contributed by atoms with E-state index in [1.165, 1.54) is 25.6 Å². The van der Waals surface area contributed by atoms with Gasteiger partial charge in [0.15, 0.2) is 5.78 Å². The number of ketones is 1. The van der Waals surface area contributed by atoms with Gasteiger partial charge in [0.1, 0.15) is 11.6 Å². The SMILES string of the molecule is COC(=O)C(C)CC(=O)c1cc2c(F)c(CCCBr)c(OC)cc2s1. The molecule has 0 N–H and O–H groups in total. The van der Waals surface area contributed by atoms with E-state index in [9.17, 15) is 14.0 Å². The zero-order valence-electron chi connectivity index (χ0n) is 14.4. The van der Waals surface area contributed by atoms with Gasteiger partial charge in [-0.25, -0.2) is 4.39 Å². The maximum absolute atomic E-state index is 14.9. The van der Waals surface area contributed by atoms with Gasteiger partial charge in [-0.05, 0) is 25.0 Å². The van der Waals surface area contributed by atoms with Gasteiger partial charge in [0.2, 0.25) is 0 Å². The summed E-state index contributed by atoms with van der Waals surface area (Å²) in [4.78, 5) is 24.3. The van der Waals surface area contributed by atoms with Crippen LogP contribution in [0.25, 0.3) is 10.1 Å². The van der Waals surface area contributed by atoms with Gasteiger partial charge in [-0.15, -0.1) is 11.3 Å². The maximum Gasteiger partial charge on any atom is 0.308 e. The predicted octanol–water partition coefficient (Wildman–Crippen LogP) is 4.76. The first kappa shape index (κ1) is 19.8. The van der Waals surface area contributed by atoms with E-state index in [-0.39, 0.29) is 18.0 Å². The van der Waals surface area contributed by atoms with Crippen LogP contribution >= 0.6 is 27.3 Å². The molecule has 1 aromatic heterocycles. The van der Waals surface area contributed by atoms with E-state index in [2.05, 4.69) is 20.7 Å². The van der Waals surface area contributed by atoms with Crippen molar-refractivity contribution in [1.29, 1.82) is 0 Å². The van der Waals surface area contributed by atoms with Gasteiger partial charge < -0.3 is 9.47 Å². The molecule has 0 aliphatic carbocycles. The summed E-state index contributed by atoms with van der Waals surface area (Å²) >= 11 is 4.56. The highest BCUT2D eigenvalue weighted by molar-refractivity contribution is 9.09. The topological polar surface area (TPSA) is 52.6 Å². The Hall–Kier alpha value is -1.47. The molecule has 0 aliphatic heterocycles. The number of fused-ring (bicyclic) bond motifs is 1. The largest absolute Gasteiger partial charge is 0.496 e. The van der Waals surface area contributed by atoms with Crippen LogP contribution in [0.1, 0.15) is 35.0 Å². The second kappa shape index (κ2) is 8.76. The van der Waals surface area contributed by atoms with Crippen LogP contribution in [0.2, 0.25) is 0 Å². The number of carbonyl (C=O) groups excluding carboxylic acids is 2. The third-order valence-electron chi connectivity index (χ3n) is 3.97. The number of rotatable bonds is 8. The van der Waals surface area contributed by atoms with E-state index in [4.69, 9.17) is 4.74 Å². The molecule has 0 bridgehead atoms. The Kier molecular flexibility index (Phi) is 6.95. The molecule has 2 rings (SSSR count). The van der Waals surface area contributed by atoms with Crippen LogP contribution in [0.15, 0.2) is 12.1 Å². The van der Waals surface area contributed by atoms with Gasteiger partial charge in [0.25, 0.3) is 0 Å². The smallest absolute Gasteiger partial charge is 0.308 e. The predicted molar refractivity (Wildman–Crippen MR) is 101 cm³/mol. The molecule has 1 heterocycles. The van der Waals surface area contributed by atoms with Crippen molar-refractivity contribution in [3.8, 4) is 5.75 Å². The van der Waals surface area contributed by atoms with E-state index < -0.39 is 11.9 Å². The highest BCUT2D eigenvalue weighted by Crippen LogP contribution is 2.36. The summed E-state index contributed by atoms with van der Waals surface area (Å²) in [5.41, 5.74) is 0.522. The zero-order valence-corrected chi connectivity index (χ0v) is 16.8. The van der Waals surface area contributed by atoms with Gasteiger partial charge in [-0.3, -0.25) is 9.59 Å². The molecule has 0 radical (unpaired) electrons. The van der Waals surface area contributed by atoms with Crippen LogP contribution in [-0.4, -0.2) is 31.3 Å². The number of ether oxygens (including phenoxy) is 2. The Labute approximate surface area is 158 Å². The Morgan fingerprint density at radius 1 is 1.32 bits per heavy atom. The van der Waals surface area contributed by atoms with Gasteiger partial charge in [-0.1, -0.05) is 22.9 Å². The van der Waals surface area contributed by atoms with Crippen molar-refractivity contribution in [2.45, 2.75) is 26.2 Å². The number of halogens is 2. The average Bonchev–Trinajstić information content (AvgIpc) is 3.04. The standard InChI is InChI=1S/C18H20BrFO4S/c1-10(18(22)24-3)7-13(21)16-8-12-15(25-16)9-14(23-2)11(17(12)20)5-4-6-19/h8-10H,4-7H2,1-3H3. The molecule has 4 nitrogen and oxygen atoms in total. The summed E-state index contributed by atoms with van der Waals surface area (Å²) in [6.07, 6.45) is 1.37. The van der Waals surface area contributed by atoms with E-state index in [1.807, 2.05) is 0 Å². The number of esters is 1. The Morgan fingerprint density at radius 2 is 2.04 bits per heavy atom. The van der Waals surface area contributed by atoms with Crippen molar-refractivity contribution in [2.75, 3.05) is 19.5 Å². The van der Waals surface area contributed by atoms with Gasteiger partial charge in [0, 0.05) is 27.4 Å². The van der Waals surface area contributed by atoms with Crippen LogP contribution < -0.4 is 4.74 Å². The van der Waals surface area contributed by atoms with Crippen molar-refractivity contribution in [3.63, 3.8) is 0 Å². The van der Waals surface area contributed by atoms with E-state index in [1.54, 1.807) is 19.1 Å². The number of Topliss-reactive ketones (excluding diaryl/α,β-unsaturated/α-hetero) is 1. The third kappa shape index (κ3) is 4.39. The molecular weight excluding hydrogens is 411 g/mol. The lowest BCUT2D eigenvalue weighted by atomic mass is 10.0. The van der Waals surface area contributed by atoms with Crippen molar-refractivity contribution in [3.05, 3.63) is 28.4 Å². The number of hydrogen-bond donors (Lipinski definition) is 0. The number of methoxy groups -OCH3 is 2. The second-order valence-corrected chi connectivity index (χ2v) is 7.61. The molecule has 136 valence electrons. The van der Waals surface area contributed by atoms with Gasteiger partial charge in [-0.2, -0.15) is 0 Å². The van der Waals surface area contributed by atoms with Crippen molar-refractivity contribution in [2.24, 2.45) is 5.92 Å². The summed E-state index contributed by atoms with van der Waals surface area (Å²) in [5.74, 6) is -1.00. The van der Waals surface area contributed by atoms with Gasteiger partial charge in [0.05, 0.1) is 25.0 Å². The van der Waals surface area contributed by atoms with Crippen molar-refractivity contribution < 1.29 is 23.5 Å². The number of benzene rings is 1. The Bertz CT molecular complexity index is 787. The number of hydrogen-bond acceptors (Lipinski definition) is 5. The second-order valence-electron chi connectivity index (χ2n) is 5.74. The molecule has 0 spiro atoms. The summed E-state index contributed by atoms with van der Waals surface area (Å²) in [7, 11) is 2.80. The van der Waals surface area contributed by atoms with E-state index in [0.29, 0.717) is 32.7 Å². The fourth-order valence-corrected chi connectivity index (χ4v) is 3.94. The quantitative estimate of drug-likeness (QED) is 0.344. The monoisotopic (exact) mass is 430 g/mol. The summed E-state index contributed by atoms with van der Waals surface area (Å²) in [5, 5.41) is 1.19. The Balaban J connectivity index is 2.37. The van der Waals surface area contributed by atoms with Gasteiger partial charge >= 0.3 is 5.97 Å². The molecule has 0 amide bonds. The number of carbonyl (C=O) groups is 2. The van der Waals surface area contributed by atoms with Crippen molar-refractivity contribution in [1.82, 2.24) is 0 Å². The highest BCUT2D eigenvalue weighted by atomic mass is 79.9. The number of thiophene rings is 1. The van der Waals surface area contributed by atoms with Crippen LogP contribution in [0.4, 0.5) is 4.39 Å². The zero-order chi connectivity index (χ0) is 18.6. The lowest BCUT2D eigenvalue weighted by Crippen LogP contribution is -2.16. The number of alkyl halides is 1. The first-order valence-corrected chi connectivity index (χ1v) is 9.82. The summed E-state index contributed by atoms with van der Waals surface area (Å²) in [6, 6.07) is 3.34. The molecule has 7 heteroatoms. The minimum atomic E-state index is -0.531. The van der Waals surface area contributed by atoms with Crippen LogP contribution in [0, 0.1) is 11.7 Å². The molecule has 0 fully saturated rings. The maximum atomic E-state index is 14.9. The minimum absolute atomic E-state index is 0.0364. The fraction of sp³-hybridized carbons (Fsp3) is 0.444. The molecule has 1 atom stereocenters. The van der Waals surface area contributed by atoms with Crippen LogP contribution in [0.5, 0.6) is 5.75 Å². The molecule has 0 aliphatic rings. The summed E-state index contributed by atoms with van der Waals surface area (Å²) in [6.45, 7) is 1.64. The molecule has 0 saturated heterocycles. The first-order chi connectivity index (χ1) is 11.9. The normalized spacial score (nSPS) is 12.2. The third-order valence-corrected chi connectivity index (χ3v) is 5.66. The van der Waals surface area contributed by atoms with E-state index in [0.717, 1.165) is 11.8 Å². The highest BCUT2D eigenvalue weighted by Gasteiger charge is 2.22. The lowest BCUT2D eigenvalue weighted by Gasteiger charge is -2.09. The Morgan fingerprint density at radius 3 is 2.64 bits per heavy atom. The molecule has 2 aromatic rings. The molecule has 25 heavy (non-hydrogen) atoms. The van der Waals surface area contributed by atoms with E-state index >= 15 is 0 Å². The molecular formula is C18H20BrFO4S. The lowest BCUT2D eigenvalue weighted by molar-refractivity contribution is -0.144. The minimum Gasteiger partial charge on any atom is -0.496 e. The van der Waals surface area contributed by atoms with Crippen molar-refractivity contribution >= 4 is 49.1 Å². The molecule has 1 aromatic carbocycles. The molecule has 1 unspecified atom stereocenters. The summed E-state index contributed by atoms with van der Waals surface area (Å²) < 4.78 is 25.5. The van der Waals surface area contributed by atoms with Crippen LogP contribution in [0.3, 0.4) is 0 Å². The first-order valence-electron chi connectivity index (χ1n) is 7.88. The van der Waals surface area contributed by atoms with Crippen LogP contribution in [-0.2, 0) is 16.0 Å². The fourth-order valence-electron chi connectivity index (χ4n) is 2.62.